The van der Waals surface area contributed by atoms with Crippen molar-refractivity contribution in [1.82, 2.24) is 4.90 Å². The van der Waals surface area contributed by atoms with Crippen LogP contribution in [0.2, 0.25) is 0 Å². The summed E-state index contributed by atoms with van der Waals surface area (Å²) in [7, 11) is 1.43. The zero-order chi connectivity index (χ0) is 15.4. The van der Waals surface area contributed by atoms with E-state index in [0.29, 0.717) is 24.1 Å². The van der Waals surface area contributed by atoms with Crippen LogP contribution in [0.3, 0.4) is 0 Å². The maximum Gasteiger partial charge on any atom is 0.335 e. The predicted octanol–water partition coefficient (Wildman–Crippen LogP) is 1.78. The summed E-state index contributed by atoms with van der Waals surface area (Å²) in [5.41, 5.74) is 0.110. The number of carboxylic acids is 1. The number of carbonyl (C=O) groups excluding carboxylic acids is 1. The van der Waals surface area contributed by atoms with Gasteiger partial charge >= 0.3 is 5.97 Å². The Labute approximate surface area is 123 Å². The van der Waals surface area contributed by atoms with Crippen molar-refractivity contribution in [3.05, 3.63) is 23.8 Å². The highest BCUT2D eigenvalue weighted by Crippen LogP contribution is 2.29. The van der Waals surface area contributed by atoms with Crippen LogP contribution in [-0.2, 0) is 4.79 Å². The first-order valence-corrected chi connectivity index (χ1v) is 6.90. The van der Waals surface area contributed by atoms with E-state index in [9.17, 15) is 9.59 Å². The molecule has 1 aliphatic rings. The number of amides is 1. The summed E-state index contributed by atoms with van der Waals surface area (Å²) >= 11 is 0. The number of nitrogens with zero attached hydrogens (tertiary/aromatic N) is 1. The number of ether oxygens (including phenoxy) is 2. The van der Waals surface area contributed by atoms with E-state index in [0.717, 1.165) is 12.8 Å². The molecule has 6 heteroatoms. The average molecular weight is 293 g/mol. The third kappa shape index (κ3) is 3.65. The highest BCUT2D eigenvalue weighted by molar-refractivity contribution is 5.88. The summed E-state index contributed by atoms with van der Waals surface area (Å²) in [6.45, 7) is 2.54. The molecule has 1 saturated carbocycles. The van der Waals surface area contributed by atoms with Gasteiger partial charge < -0.3 is 19.5 Å². The number of benzene rings is 1. The zero-order valence-corrected chi connectivity index (χ0v) is 12.2. The van der Waals surface area contributed by atoms with E-state index in [4.69, 9.17) is 14.6 Å². The van der Waals surface area contributed by atoms with E-state index in [2.05, 4.69) is 0 Å². The molecule has 1 aliphatic carbocycles. The Bertz CT molecular complexity index is 539. The summed E-state index contributed by atoms with van der Waals surface area (Å²) in [6, 6.07) is 4.65. The van der Waals surface area contributed by atoms with Crippen LogP contribution in [0.25, 0.3) is 0 Å². The van der Waals surface area contributed by atoms with Crippen LogP contribution in [-0.4, -0.2) is 48.2 Å². The zero-order valence-electron chi connectivity index (χ0n) is 12.2. The second kappa shape index (κ2) is 6.47. The third-order valence-electron chi connectivity index (χ3n) is 3.41. The summed E-state index contributed by atoms with van der Waals surface area (Å²) in [5.74, 6) is -0.439. The Morgan fingerprint density at radius 3 is 2.57 bits per heavy atom. The van der Waals surface area contributed by atoms with Crippen LogP contribution in [0, 0.1) is 0 Å². The Morgan fingerprint density at radius 1 is 1.33 bits per heavy atom. The van der Waals surface area contributed by atoms with Crippen molar-refractivity contribution in [2.75, 3.05) is 20.3 Å². The van der Waals surface area contributed by atoms with Gasteiger partial charge in [0.1, 0.15) is 0 Å². The maximum atomic E-state index is 12.1. The number of carbonyl (C=O) groups is 2. The van der Waals surface area contributed by atoms with E-state index in [1.165, 1.54) is 25.3 Å². The molecule has 0 bridgehead atoms. The largest absolute Gasteiger partial charge is 0.493 e. The molecular formula is C15H19NO5. The Kier molecular flexibility index (Phi) is 4.67. The first-order chi connectivity index (χ1) is 10.1. The van der Waals surface area contributed by atoms with Crippen molar-refractivity contribution in [3.8, 4) is 11.5 Å². The van der Waals surface area contributed by atoms with Crippen LogP contribution in [0.4, 0.5) is 0 Å². The van der Waals surface area contributed by atoms with Gasteiger partial charge in [0.15, 0.2) is 18.1 Å². The van der Waals surface area contributed by atoms with Crippen molar-refractivity contribution in [2.24, 2.45) is 0 Å². The van der Waals surface area contributed by atoms with Crippen molar-refractivity contribution in [1.29, 1.82) is 0 Å². The lowest BCUT2D eigenvalue weighted by Crippen LogP contribution is -2.36. The average Bonchev–Trinajstić information content (AvgIpc) is 3.30. The summed E-state index contributed by atoms with van der Waals surface area (Å²) in [6.07, 6.45) is 2.10. The van der Waals surface area contributed by atoms with Gasteiger partial charge in [-0.25, -0.2) is 4.79 Å². The Balaban J connectivity index is 2.02. The van der Waals surface area contributed by atoms with Gasteiger partial charge in [-0.2, -0.15) is 0 Å². The molecule has 0 saturated heterocycles. The molecule has 0 radical (unpaired) electrons. The highest BCUT2D eigenvalue weighted by atomic mass is 16.5. The van der Waals surface area contributed by atoms with Crippen LogP contribution in [0.15, 0.2) is 18.2 Å². The van der Waals surface area contributed by atoms with E-state index in [1.54, 1.807) is 4.90 Å². The van der Waals surface area contributed by atoms with E-state index >= 15 is 0 Å². The SMILES string of the molecule is CCN(C(=O)COc1ccc(C(=O)O)cc1OC)C1CC1. The van der Waals surface area contributed by atoms with Crippen molar-refractivity contribution in [3.63, 3.8) is 0 Å². The molecule has 1 N–H and O–H groups in total. The van der Waals surface area contributed by atoms with Gasteiger partial charge in [-0.15, -0.1) is 0 Å². The van der Waals surface area contributed by atoms with Crippen molar-refractivity contribution < 1.29 is 24.2 Å². The van der Waals surface area contributed by atoms with E-state index < -0.39 is 5.97 Å². The first kappa shape index (κ1) is 15.2. The Hall–Kier alpha value is -2.24. The topological polar surface area (TPSA) is 76.1 Å². The fourth-order valence-corrected chi connectivity index (χ4v) is 2.17. The monoisotopic (exact) mass is 293 g/mol. The second-order valence-electron chi connectivity index (χ2n) is 4.87. The fraction of sp³-hybridized carbons (Fsp3) is 0.467. The second-order valence-corrected chi connectivity index (χ2v) is 4.87. The molecule has 0 heterocycles. The van der Waals surface area contributed by atoms with Crippen molar-refractivity contribution >= 4 is 11.9 Å². The van der Waals surface area contributed by atoms with Crippen molar-refractivity contribution in [2.45, 2.75) is 25.8 Å². The molecule has 0 aromatic heterocycles. The molecule has 2 rings (SSSR count). The van der Waals surface area contributed by atoms with Gasteiger partial charge in [-0.1, -0.05) is 0 Å². The van der Waals surface area contributed by atoms with Crippen LogP contribution in [0.1, 0.15) is 30.1 Å². The number of rotatable bonds is 7. The maximum absolute atomic E-state index is 12.1. The third-order valence-corrected chi connectivity index (χ3v) is 3.41. The lowest BCUT2D eigenvalue weighted by atomic mass is 10.2. The lowest BCUT2D eigenvalue weighted by molar-refractivity contribution is -0.133. The molecule has 0 atom stereocenters. The van der Waals surface area contributed by atoms with Gasteiger partial charge in [0.05, 0.1) is 12.7 Å². The summed E-state index contributed by atoms with van der Waals surface area (Å²) in [5, 5.41) is 8.93. The predicted molar refractivity (Wildman–Crippen MR) is 75.9 cm³/mol. The number of methoxy groups -OCH3 is 1. The normalized spacial score (nSPS) is 13.6. The smallest absolute Gasteiger partial charge is 0.335 e. The van der Waals surface area contributed by atoms with Crippen LogP contribution in [0.5, 0.6) is 11.5 Å². The van der Waals surface area contributed by atoms with Gasteiger partial charge in [0.2, 0.25) is 0 Å². The van der Waals surface area contributed by atoms with Gasteiger partial charge in [-0.05, 0) is 38.0 Å². The molecule has 6 nitrogen and oxygen atoms in total. The number of aromatic carboxylic acids is 1. The first-order valence-electron chi connectivity index (χ1n) is 6.90. The minimum absolute atomic E-state index is 0.0654. The van der Waals surface area contributed by atoms with Gasteiger partial charge in [-0.3, -0.25) is 4.79 Å². The quantitative estimate of drug-likeness (QED) is 0.829. The summed E-state index contributed by atoms with van der Waals surface area (Å²) < 4.78 is 10.6. The van der Waals surface area contributed by atoms with E-state index in [-0.39, 0.29) is 18.1 Å². The molecule has 1 aromatic carbocycles. The standard InChI is InChI=1S/C15H19NO5/c1-3-16(11-5-6-11)14(17)9-21-12-7-4-10(15(18)19)8-13(12)20-2/h4,7-8,11H,3,5-6,9H2,1-2H3,(H,18,19). The number of hydrogen-bond acceptors (Lipinski definition) is 4. The highest BCUT2D eigenvalue weighted by Gasteiger charge is 2.31. The summed E-state index contributed by atoms with van der Waals surface area (Å²) in [4.78, 5) is 24.8. The lowest BCUT2D eigenvalue weighted by Gasteiger charge is -2.20. The van der Waals surface area contributed by atoms with Gasteiger partial charge in [0.25, 0.3) is 5.91 Å². The number of carboxylic acid groups (broad SMARTS) is 1. The van der Waals surface area contributed by atoms with E-state index in [1.807, 2.05) is 6.92 Å². The number of hydrogen-bond donors (Lipinski definition) is 1. The Morgan fingerprint density at radius 2 is 2.05 bits per heavy atom. The fourth-order valence-electron chi connectivity index (χ4n) is 2.17. The molecule has 1 aromatic rings. The minimum Gasteiger partial charge on any atom is -0.493 e. The molecule has 1 amide bonds. The molecule has 0 aliphatic heterocycles. The molecule has 0 unspecified atom stereocenters. The molecule has 1 fully saturated rings. The number of likely N-dealkylation sites (N-methyl/N-ethyl adjacent to an activating group) is 1. The molecule has 114 valence electrons. The van der Waals surface area contributed by atoms with Crippen LogP contribution < -0.4 is 9.47 Å². The van der Waals surface area contributed by atoms with Crippen LogP contribution >= 0.6 is 0 Å². The minimum atomic E-state index is -1.04. The van der Waals surface area contributed by atoms with Gasteiger partial charge in [0, 0.05) is 12.6 Å². The molecular weight excluding hydrogens is 274 g/mol. The molecule has 0 spiro atoms. The molecule has 21 heavy (non-hydrogen) atoms.